The van der Waals surface area contributed by atoms with Crippen LogP contribution in [0.15, 0.2) is 52.2 Å². The van der Waals surface area contributed by atoms with Gasteiger partial charge in [0.1, 0.15) is 0 Å². The van der Waals surface area contributed by atoms with Crippen LogP contribution in [0.1, 0.15) is 22.5 Å². The molecule has 140 valence electrons. The van der Waals surface area contributed by atoms with Crippen LogP contribution in [-0.4, -0.2) is 59.6 Å². The van der Waals surface area contributed by atoms with Gasteiger partial charge in [-0.3, -0.25) is 9.59 Å². The number of furan rings is 1. The van der Waals surface area contributed by atoms with Crippen LogP contribution in [0.3, 0.4) is 0 Å². The number of carbonyl (C=O) groups excluding carboxylic acids is 2. The smallest absolute Gasteiger partial charge is 0.289 e. The molecule has 0 aliphatic carbocycles. The van der Waals surface area contributed by atoms with Crippen LogP contribution in [0, 0.1) is 0 Å². The van der Waals surface area contributed by atoms with Gasteiger partial charge in [0.15, 0.2) is 5.76 Å². The van der Waals surface area contributed by atoms with Crippen LogP contribution in [0.4, 0.5) is 0 Å². The first kappa shape index (κ1) is 17.6. The lowest BCUT2D eigenvalue weighted by Gasteiger charge is -2.35. The van der Waals surface area contributed by atoms with Crippen LogP contribution in [0.5, 0.6) is 0 Å². The quantitative estimate of drug-likeness (QED) is 0.810. The van der Waals surface area contributed by atoms with E-state index < -0.39 is 6.10 Å². The molecule has 0 N–H and O–H groups in total. The Hall–Kier alpha value is -2.80. The van der Waals surface area contributed by atoms with E-state index in [1.807, 2.05) is 12.1 Å². The summed E-state index contributed by atoms with van der Waals surface area (Å²) in [5, 5.41) is 4.71. The summed E-state index contributed by atoms with van der Waals surface area (Å²) in [7, 11) is 0. The molecule has 2 aliphatic heterocycles. The number of piperazine rings is 1. The minimum Gasteiger partial charge on any atom is -0.459 e. The Bertz CT molecular complexity index is 856. The van der Waals surface area contributed by atoms with Crippen molar-refractivity contribution < 1.29 is 18.8 Å². The zero-order valence-electron chi connectivity index (χ0n) is 14.5. The fourth-order valence-corrected chi connectivity index (χ4v) is 3.34. The number of nitrogens with zero attached hydrogens (tertiary/aromatic N) is 3. The molecule has 4 rings (SSSR count). The minimum atomic E-state index is -0.622. The average molecular weight is 388 g/mol. The lowest BCUT2D eigenvalue weighted by atomic mass is 10.0. The molecular weight excluding hydrogens is 370 g/mol. The summed E-state index contributed by atoms with van der Waals surface area (Å²) < 4.78 is 5.15. The van der Waals surface area contributed by atoms with E-state index in [1.165, 1.54) is 6.26 Å². The molecule has 1 atom stereocenters. The van der Waals surface area contributed by atoms with Crippen molar-refractivity contribution in [3.05, 3.63) is 59.0 Å². The maximum Gasteiger partial charge on any atom is 0.289 e. The molecular formula is C19H18ClN3O4. The summed E-state index contributed by atoms with van der Waals surface area (Å²) in [4.78, 5) is 33.8. The molecule has 0 saturated carbocycles. The zero-order valence-corrected chi connectivity index (χ0v) is 15.3. The van der Waals surface area contributed by atoms with Crippen LogP contribution < -0.4 is 0 Å². The predicted octanol–water partition coefficient (Wildman–Crippen LogP) is 2.41. The molecule has 0 bridgehead atoms. The van der Waals surface area contributed by atoms with Gasteiger partial charge in [0.2, 0.25) is 6.10 Å². The predicted molar refractivity (Wildman–Crippen MR) is 98.7 cm³/mol. The van der Waals surface area contributed by atoms with E-state index in [4.69, 9.17) is 20.9 Å². The maximum absolute atomic E-state index is 12.7. The maximum atomic E-state index is 12.7. The molecule has 0 spiro atoms. The van der Waals surface area contributed by atoms with E-state index in [9.17, 15) is 9.59 Å². The second-order valence-electron chi connectivity index (χ2n) is 6.44. The first-order valence-electron chi connectivity index (χ1n) is 8.72. The number of benzene rings is 1. The number of rotatable bonds is 3. The lowest BCUT2D eigenvalue weighted by Crippen LogP contribution is -2.52. The van der Waals surface area contributed by atoms with Crippen LogP contribution in [0.2, 0.25) is 5.02 Å². The first-order valence-corrected chi connectivity index (χ1v) is 9.10. The highest BCUT2D eigenvalue weighted by Gasteiger charge is 2.34. The average Bonchev–Trinajstić information content (AvgIpc) is 3.40. The highest BCUT2D eigenvalue weighted by atomic mass is 35.5. The monoisotopic (exact) mass is 387 g/mol. The fourth-order valence-electron chi connectivity index (χ4n) is 3.21. The fraction of sp³-hybridized carbons (Fsp3) is 0.316. The van der Waals surface area contributed by atoms with Crippen molar-refractivity contribution in [2.24, 2.45) is 5.16 Å². The van der Waals surface area contributed by atoms with Gasteiger partial charge in [0.25, 0.3) is 11.8 Å². The first-order chi connectivity index (χ1) is 13.1. The molecule has 0 unspecified atom stereocenters. The van der Waals surface area contributed by atoms with Gasteiger partial charge in [-0.25, -0.2) is 0 Å². The zero-order chi connectivity index (χ0) is 18.8. The second kappa shape index (κ2) is 7.44. The van der Waals surface area contributed by atoms with E-state index in [0.717, 1.165) is 11.3 Å². The van der Waals surface area contributed by atoms with E-state index in [0.29, 0.717) is 43.4 Å². The van der Waals surface area contributed by atoms with Crippen molar-refractivity contribution in [3.63, 3.8) is 0 Å². The summed E-state index contributed by atoms with van der Waals surface area (Å²) in [6.45, 7) is 1.84. The third kappa shape index (κ3) is 3.68. The van der Waals surface area contributed by atoms with Gasteiger partial charge >= 0.3 is 0 Å². The number of hydrogen-bond donors (Lipinski definition) is 0. The van der Waals surface area contributed by atoms with Gasteiger partial charge in [0.05, 0.1) is 12.0 Å². The molecule has 8 heteroatoms. The molecule has 7 nitrogen and oxygen atoms in total. The molecule has 1 saturated heterocycles. The Kier molecular flexibility index (Phi) is 4.85. The van der Waals surface area contributed by atoms with Crippen molar-refractivity contribution in [2.75, 3.05) is 26.2 Å². The van der Waals surface area contributed by atoms with E-state index in [2.05, 4.69) is 5.16 Å². The van der Waals surface area contributed by atoms with Gasteiger partial charge in [-0.05, 0) is 29.8 Å². The number of oxime groups is 1. The summed E-state index contributed by atoms with van der Waals surface area (Å²) >= 11 is 5.90. The Balaban J connectivity index is 1.31. The van der Waals surface area contributed by atoms with Gasteiger partial charge < -0.3 is 19.1 Å². The third-order valence-electron chi connectivity index (χ3n) is 4.73. The largest absolute Gasteiger partial charge is 0.459 e. The lowest BCUT2D eigenvalue weighted by molar-refractivity contribution is -0.143. The Morgan fingerprint density at radius 1 is 1.04 bits per heavy atom. The number of carbonyl (C=O) groups is 2. The molecule has 1 fully saturated rings. The minimum absolute atomic E-state index is 0.104. The van der Waals surface area contributed by atoms with Crippen molar-refractivity contribution in [1.29, 1.82) is 0 Å². The number of amides is 2. The highest BCUT2D eigenvalue weighted by Crippen LogP contribution is 2.21. The van der Waals surface area contributed by atoms with Crippen molar-refractivity contribution in [2.45, 2.75) is 12.5 Å². The Labute approximate surface area is 161 Å². The number of hydrogen-bond acceptors (Lipinski definition) is 5. The molecule has 1 aromatic carbocycles. The highest BCUT2D eigenvalue weighted by molar-refractivity contribution is 6.30. The molecule has 3 heterocycles. The van der Waals surface area contributed by atoms with Gasteiger partial charge in [0, 0.05) is 37.6 Å². The van der Waals surface area contributed by atoms with Crippen molar-refractivity contribution in [3.8, 4) is 0 Å². The van der Waals surface area contributed by atoms with Crippen molar-refractivity contribution in [1.82, 2.24) is 9.80 Å². The molecule has 27 heavy (non-hydrogen) atoms. The second-order valence-corrected chi connectivity index (χ2v) is 6.87. The van der Waals surface area contributed by atoms with Crippen LogP contribution >= 0.6 is 11.6 Å². The van der Waals surface area contributed by atoms with Crippen LogP contribution in [-0.2, 0) is 9.63 Å². The van der Waals surface area contributed by atoms with Crippen LogP contribution in [0.25, 0.3) is 0 Å². The summed E-state index contributed by atoms with van der Waals surface area (Å²) in [6, 6.07) is 10.6. The van der Waals surface area contributed by atoms with Gasteiger partial charge in [-0.1, -0.05) is 28.9 Å². The summed E-state index contributed by atoms with van der Waals surface area (Å²) in [5.74, 6) is 0.0558. The molecule has 2 aliphatic rings. The molecule has 2 aromatic rings. The summed E-state index contributed by atoms with van der Waals surface area (Å²) in [5.41, 5.74) is 1.63. The molecule has 1 aromatic heterocycles. The SMILES string of the molecule is O=C(c1ccco1)N1CCN(C(=O)[C@H]2CC(c3ccc(Cl)cc3)=NO2)CC1. The molecule has 0 radical (unpaired) electrons. The summed E-state index contributed by atoms with van der Waals surface area (Å²) in [6.07, 6.45) is 1.28. The van der Waals surface area contributed by atoms with E-state index in [1.54, 1.807) is 34.1 Å². The van der Waals surface area contributed by atoms with E-state index in [-0.39, 0.29) is 11.8 Å². The normalized spacial score (nSPS) is 19.6. The van der Waals surface area contributed by atoms with E-state index >= 15 is 0 Å². The molecule has 2 amide bonds. The standard InChI is InChI=1S/C19H18ClN3O4/c20-14-5-3-13(4-6-14)15-12-17(27-21-15)19(25)23-9-7-22(8-10-23)18(24)16-2-1-11-26-16/h1-6,11,17H,7-10,12H2/t17-/m1/s1. The van der Waals surface area contributed by atoms with Crippen molar-refractivity contribution >= 4 is 29.1 Å². The van der Waals surface area contributed by atoms with Gasteiger partial charge in [-0.2, -0.15) is 0 Å². The topological polar surface area (TPSA) is 75.4 Å². The Morgan fingerprint density at radius 3 is 2.41 bits per heavy atom. The van der Waals surface area contributed by atoms with Gasteiger partial charge in [-0.15, -0.1) is 0 Å². The number of halogens is 1. The Morgan fingerprint density at radius 2 is 1.74 bits per heavy atom. The third-order valence-corrected chi connectivity index (χ3v) is 4.98.